The van der Waals surface area contributed by atoms with Crippen molar-refractivity contribution < 1.29 is 0 Å². The molecule has 0 aromatic rings. The molecule has 0 amide bonds. The summed E-state index contributed by atoms with van der Waals surface area (Å²) in [7, 11) is 0. The second-order valence-corrected chi connectivity index (χ2v) is 2.83. The van der Waals surface area contributed by atoms with E-state index in [-0.39, 0.29) is 11.4 Å². The van der Waals surface area contributed by atoms with E-state index in [4.69, 9.17) is 17.3 Å². The summed E-state index contributed by atoms with van der Waals surface area (Å²) in [5, 5.41) is -0.233. The second-order valence-electron chi connectivity index (χ2n) is 2.36. The van der Waals surface area contributed by atoms with Crippen LogP contribution in [0.5, 0.6) is 0 Å². The van der Waals surface area contributed by atoms with E-state index in [2.05, 4.69) is 9.98 Å². The SMILES string of the molecule is CC1=N[C@@H](C)[C@@H](Cl)C(N)=N1. The molecule has 0 unspecified atom stereocenters. The van der Waals surface area contributed by atoms with Crippen LogP contribution in [0.3, 0.4) is 0 Å². The minimum absolute atomic E-state index is 0.0548. The summed E-state index contributed by atoms with van der Waals surface area (Å²) >= 11 is 5.82. The molecule has 3 nitrogen and oxygen atoms in total. The number of nitrogens with two attached hydrogens (primary N) is 1. The van der Waals surface area contributed by atoms with Crippen LogP contribution in [0.25, 0.3) is 0 Å². The van der Waals surface area contributed by atoms with Gasteiger partial charge in [0.05, 0.1) is 6.04 Å². The van der Waals surface area contributed by atoms with Crippen LogP contribution >= 0.6 is 11.6 Å². The van der Waals surface area contributed by atoms with Gasteiger partial charge in [0.15, 0.2) is 0 Å². The fourth-order valence-electron chi connectivity index (χ4n) is 0.885. The lowest BCUT2D eigenvalue weighted by atomic mass is 10.2. The third-order valence-corrected chi connectivity index (χ3v) is 1.98. The van der Waals surface area contributed by atoms with Crippen LogP contribution in [0.2, 0.25) is 0 Å². The summed E-state index contributed by atoms with van der Waals surface area (Å²) in [6.07, 6.45) is 0. The third kappa shape index (κ3) is 1.29. The van der Waals surface area contributed by atoms with Gasteiger partial charge in [-0.1, -0.05) is 0 Å². The van der Waals surface area contributed by atoms with Crippen molar-refractivity contribution in [1.29, 1.82) is 0 Å². The Morgan fingerprint density at radius 2 is 2.20 bits per heavy atom. The van der Waals surface area contributed by atoms with Gasteiger partial charge in [-0.05, 0) is 13.8 Å². The van der Waals surface area contributed by atoms with Gasteiger partial charge < -0.3 is 5.73 Å². The molecule has 0 fully saturated rings. The van der Waals surface area contributed by atoms with Crippen LogP contribution in [-0.4, -0.2) is 23.1 Å². The molecule has 1 heterocycles. The summed E-state index contributed by atoms with van der Waals surface area (Å²) in [6.45, 7) is 3.73. The van der Waals surface area contributed by atoms with E-state index >= 15 is 0 Å². The number of halogens is 1. The number of alkyl halides is 1. The Balaban J connectivity index is 2.85. The highest BCUT2D eigenvalue weighted by Crippen LogP contribution is 2.11. The first kappa shape index (κ1) is 7.54. The van der Waals surface area contributed by atoms with Crippen LogP contribution in [0.4, 0.5) is 0 Å². The monoisotopic (exact) mass is 159 g/mol. The average Bonchev–Trinajstić information content (AvgIpc) is 1.82. The van der Waals surface area contributed by atoms with Crippen molar-refractivity contribution in [1.82, 2.24) is 0 Å². The van der Waals surface area contributed by atoms with Crippen molar-refractivity contribution in [3.63, 3.8) is 0 Å². The fourth-order valence-corrected chi connectivity index (χ4v) is 0.990. The minimum atomic E-state index is -0.233. The predicted molar refractivity (Wildman–Crippen MR) is 43.8 cm³/mol. The highest BCUT2D eigenvalue weighted by molar-refractivity contribution is 6.33. The smallest absolute Gasteiger partial charge is 0.122 e. The lowest BCUT2D eigenvalue weighted by Crippen LogP contribution is -2.36. The van der Waals surface area contributed by atoms with Gasteiger partial charge in [-0.25, -0.2) is 4.99 Å². The van der Waals surface area contributed by atoms with Gasteiger partial charge in [-0.15, -0.1) is 11.6 Å². The molecule has 0 saturated carbocycles. The van der Waals surface area contributed by atoms with Gasteiger partial charge in [-0.2, -0.15) is 0 Å². The molecule has 0 aliphatic carbocycles. The van der Waals surface area contributed by atoms with Crippen LogP contribution < -0.4 is 5.73 Å². The van der Waals surface area contributed by atoms with E-state index in [0.717, 1.165) is 0 Å². The molecular formula is C6H10ClN3. The Kier molecular flexibility index (Phi) is 1.94. The van der Waals surface area contributed by atoms with E-state index in [1.807, 2.05) is 13.8 Å². The molecule has 1 aliphatic rings. The van der Waals surface area contributed by atoms with Gasteiger partial charge >= 0.3 is 0 Å². The first-order valence-electron chi connectivity index (χ1n) is 3.14. The van der Waals surface area contributed by atoms with Crippen molar-refractivity contribution in [2.75, 3.05) is 0 Å². The van der Waals surface area contributed by atoms with E-state index in [9.17, 15) is 0 Å². The molecule has 2 atom stereocenters. The molecule has 1 aliphatic heterocycles. The first-order chi connectivity index (χ1) is 4.61. The standard InChI is InChI=1S/C6H10ClN3/c1-3-5(7)6(8)10-4(2)9-3/h3,5H,1-2H3,(H2,8,9,10)/t3-,5+/m0/s1. The molecule has 0 aromatic carbocycles. The van der Waals surface area contributed by atoms with Crippen LogP contribution in [0.1, 0.15) is 13.8 Å². The highest BCUT2D eigenvalue weighted by atomic mass is 35.5. The maximum atomic E-state index is 5.82. The number of nitrogens with zero attached hydrogens (tertiary/aromatic N) is 2. The Bertz CT molecular complexity index is 197. The van der Waals surface area contributed by atoms with Crippen molar-refractivity contribution in [3.05, 3.63) is 0 Å². The molecule has 0 aromatic heterocycles. The number of amidine groups is 2. The van der Waals surface area contributed by atoms with Gasteiger partial charge in [0.1, 0.15) is 17.0 Å². The van der Waals surface area contributed by atoms with Crippen LogP contribution in [0, 0.1) is 0 Å². The molecule has 0 bridgehead atoms. The highest BCUT2D eigenvalue weighted by Gasteiger charge is 2.21. The summed E-state index contributed by atoms with van der Waals surface area (Å²) in [5.41, 5.74) is 5.50. The summed E-state index contributed by atoms with van der Waals surface area (Å²) < 4.78 is 0. The maximum absolute atomic E-state index is 5.82. The minimum Gasteiger partial charge on any atom is -0.386 e. The van der Waals surface area contributed by atoms with Gasteiger partial charge in [0.25, 0.3) is 0 Å². The van der Waals surface area contributed by atoms with E-state index in [1.165, 1.54) is 0 Å². The lowest BCUT2D eigenvalue weighted by Gasteiger charge is -2.17. The molecule has 0 saturated heterocycles. The van der Waals surface area contributed by atoms with E-state index in [0.29, 0.717) is 11.7 Å². The Labute approximate surface area is 65.0 Å². The van der Waals surface area contributed by atoms with Crippen LogP contribution in [0.15, 0.2) is 9.98 Å². The van der Waals surface area contributed by atoms with Gasteiger partial charge in [-0.3, -0.25) is 4.99 Å². The van der Waals surface area contributed by atoms with Crippen LogP contribution in [-0.2, 0) is 0 Å². The maximum Gasteiger partial charge on any atom is 0.122 e. The van der Waals surface area contributed by atoms with E-state index in [1.54, 1.807) is 0 Å². The predicted octanol–water partition coefficient (Wildman–Crippen LogP) is 0.772. The van der Waals surface area contributed by atoms with Gasteiger partial charge in [0, 0.05) is 0 Å². The fraction of sp³-hybridized carbons (Fsp3) is 0.667. The Morgan fingerprint density at radius 1 is 1.60 bits per heavy atom. The van der Waals surface area contributed by atoms with Crippen molar-refractivity contribution in [3.8, 4) is 0 Å². The molecule has 56 valence electrons. The molecule has 0 spiro atoms. The topological polar surface area (TPSA) is 50.7 Å². The molecule has 2 N–H and O–H groups in total. The molecule has 4 heteroatoms. The quantitative estimate of drug-likeness (QED) is 0.522. The lowest BCUT2D eigenvalue weighted by molar-refractivity contribution is 0.770. The number of aliphatic imine (C=N–C) groups is 2. The Hall–Kier alpha value is -0.570. The van der Waals surface area contributed by atoms with Gasteiger partial charge in [0.2, 0.25) is 0 Å². The summed E-state index contributed by atoms with van der Waals surface area (Å²) in [6, 6.07) is 0.0548. The first-order valence-corrected chi connectivity index (χ1v) is 3.57. The van der Waals surface area contributed by atoms with Crippen molar-refractivity contribution in [2.45, 2.75) is 25.3 Å². The van der Waals surface area contributed by atoms with Crippen molar-refractivity contribution in [2.24, 2.45) is 15.7 Å². The number of rotatable bonds is 0. The zero-order chi connectivity index (χ0) is 7.72. The molecule has 10 heavy (non-hydrogen) atoms. The molecular weight excluding hydrogens is 150 g/mol. The summed E-state index contributed by atoms with van der Waals surface area (Å²) in [4.78, 5) is 8.06. The van der Waals surface area contributed by atoms with E-state index < -0.39 is 0 Å². The third-order valence-electron chi connectivity index (χ3n) is 1.39. The second kappa shape index (κ2) is 2.58. The number of hydrogen-bond acceptors (Lipinski definition) is 3. The average molecular weight is 160 g/mol. The Morgan fingerprint density at radius 3 is 2.70 bits per heavy atom. The summed E-state index contributed by atoms with van der Waals surface area (Å²) in [5.74, 6) is 1.18. The number of hydrogen-bond donors (Lipinski definition) is 1. The molecule has 1 rings (SSSR count). The largest absolute Gasteiger partial charge is 0.386 e. The normalized spacial score (nSPS) is 33.1. The van der Waals surface area contributed by atoms with Crippen molar-refractivity contribution >= 4 is 23.3 Å². The zero-order valence-corrected chi connectivity index (χ0v) is 6.76. The molecule has 0 radical (unpaired) electrons. The zero-order valence-electron chi connectivity index (χ0n) is 6.00.